The second kappa shape index (κ2) is 4.91. The second-order valence-corrected chi connectivity index (χ2v) is 2.79. The van der Waals surface area contributed by atoms with Crippen LogP contribution in [0, 0.1) is 0 Å². The van der Waals surface area contributed by atoms with E-state index in [1.165, 1.54) is 18.3 Å². The standard InChI is InChI=1S/C5H4ClNO2S.Li/c6-5-4(10(8)9)2-1-3-7-5;/h1-3H,(H,8,9);/q;+1/p-1. The van der Waals surface area contributed by atoms with E-state index in [1.54, 1.807) is 0 Å². The molecule has 0 bridgehead atoms. The van der Waals surface area contributed by atoms with Crippen LogP contribution in [0.1, 0.15) is 0 Å². The summed E-state index contributed by atoms with van der Waals surface area (Å²) in [6.07, 6.45) is 1.43. The van der Waals surface area contributed by atoms with Crippen molar-refractivity contribution < 1.29 is 27.6 Å². The van der Waals surface area contributed by atoms with E-state index in [-0.39, 0.29) is 28.9 Å². The quantitative estimate of drug-likeness (QED) is 0.287. The van der Waals surface area contributed by atoms with Crippen molar-refractivity contribution in [3.05, 3.63) is 23.5 Å². The van der Waals surface area contributed by atoms with Gasteiger partial charge in [-0.3, -0.25) is 4.21 Å². The minimum Gasteiger partial charge on any atom is -0.768 e. The van der Waals surface area contributed by atoms with E-state index in [0.717, 1.165) is 0 Å². The SMILES string of the molecule is O=S([O-])c1cccnc1Cl.[Li+]. The summed E-state index contributed by atoms with van der Waals surface area (Å²) in [5, 5.41) is 0.0100. The third-order valence-corrected chi connectivity index (χ3v) is 2.01. The molecule has 0 saturated heterocycles. The van der Waals surface area contributed by atoms with Gasteiger partial charge in [0, 0.05) is 6.20 Å². The molecule has 6 heteroatoms. The van der Waals surface area contributed by atoms with E-state index in [4.69, 9.17) is 11.6 Å². The Morgan fingerprint density at radius 2 is 2.27 bits per heavy atom. The summed E-state index contributed by atoms with van der Waals surface area (Å²) in [7, 11) is 0. The van der Waals surface area contributed by atoms with Crippen LogP contribution in [-0.2, 0) is 11.1 Å². The number of nitrogens with zero attached hydrogens (tertiary/aromatic N) is 1. The number of aromatic nitrogens is 1. The average molecular weight is 184 g/mol. The Bertz CT molecular complexity index is 270. The molecule has 1 aromatic rings. The smallest absolute Gasteiger partial charge is 0.768 e. The van der Waals surface area contributed by atoms with E-state index < -0.39 is 11.1 Å². The fourth-order valence-corrected chi connectivity index (χ4v) is 1.18. The summed E-state index contributed by atoms with van der Waals surface area (Å²) in [4.78, 5) is 3.60. The van der Waals surface area contributed by atoms with E-state index in [2.05, 4.69) is 4.98 Å². The third-order valence-electron chi connectivity index (χ3n) is 0.904. The van der Waals surface area contributed by atoms with E-state index in [9.17, 15) is 8.76 Å². The molecule has 0 N–H and O–H groups in total. The van der Waals surface area contributed by atoms with Crippen LogP contribution in [-0.4, -0.2) is 13.7 Å². The first-order chi connectivity index (χ1) is 4.72. The fourth-order valence-electron chi connectivity index (χ4n) is 0.496. The van der Waals surface area contributed by atoms with Gasteiger partial charge in [0.05, 0.1) is 4.90 Å². The topological polar surface area (TPSA) is 53.0 Å². The number of halogens is 1. The van der Waals surface area contributed by atoms with Crippen LogP contribution in [0.5, 0.6) is 0 Å². The van der Waals surface area contributed by atoms with Gasteiger partial charge in [-0.25, -0.2) is 4.98 Å². The zero-order chi connectivity index (χ0) is 7.56. The first-order valence-corrected chi connectivity index (χ1v) is 3.87. The number of pyridine rings is 1. The van der Waals surface area contributed by atoms with Crippen molar-refractivity contribution in [2.75, 3.05) is 0 Å². The van der Waals surface area contributed by atoms with Crippen LogP contribution in [0.15, 0.2) is 23.2 Å². The van der Waals surface area contributed by atoms with Crippen LogP contribution in [0.4, 0.5) is 0 Å². The predicted molar refractivity (Wildman–Crippen MR) is 36.4 cm³/mol. The van der Waals surface area contributed by atoms with Crippen molar-refractivity contribution in [3.8, 4) is 0 Å². The molecule has 0 spiro atoms. The maximum absolute atomic E-state index is 10.3. The molecule has 0 fully saturated rings. The molecule has 0 amide bonds. The molecule has 0 aromatic carbocycles. The Labute approximate surface area is 83.6 Å². The molecule has 1 rings (SSSR count). The summed E-state index contributed by atoms with van der Waals surface area (Å²) in [6, 6.07) is 2.90. The second-order valence-electron chi connectivity index (χ2n) is 1.53. The number of hydrogen-bond donors (Lipinski definition) is 0. The molecular formula is C5H3ClLiNO2S. The Morgan fingerprint density at radius 3 is 2.64 bits per heavy atom. The van der Waals surface area contributed by atoms with Crippen LogP contribution in [0.25, 0.3) is 0 Å². The van der Waals surface area contributed by atoms with Gasteiger partial charge < -0.3 is 4.55 Å². The third kappa shape index (κ3) is 2.94. The Morgan fingerprint density at radius 1 is 1.64 bits per heavy atom. The van der Waals surface area contributed by atoms with Crippen molar-refractivity contribution in [2.45, 2.75) is 4.90 Å². The molecule has 1 aromatic heterocycles. The van der Waals surface area contributed by atoms with Crippen LogP contribution in [0.3, 0.4) is 0 Å². The molecule has 0 saturated carbocycles. The van der Waals surface area contributed by atoms with Gasteiger partial charge in [-0.15, -0.1) is 0 Å². The summed E-state index contributed by atoms with van der Waals surface area (Å²) >= 11 is 3.13. The van der Waals surface area contributed by atoms with Gasteiger partial charge in [0.2, 0.25) is 0 Å². The van der Waals surface area contributed by atoms with Crippen molar-refractivity contribution in [1.82, 2.24) is 4.98 Å². The van der Waals surface area contributed by atoms with Crippen molar-refractivity contribution in [2.24, 2.45) is 0 Å². The summed E-state index contributed by atoms with van der Waals surface area (Å²) in [5.41, 5.74) is 0. The summed E-state index contributed by atoms with van der Waals surface area (Å²) in [6.45, 7) is 0. The Balaban J connectivity index is 0.000001000. The summed E-state index contributed by atoms with van der Waals surface area (Å²) < 4.78 is 20.6. The molecule has 11 heavy (non-hydrogen) atoms. The zero-order valence-electron chi connectivity index (χ0n) is 5.78. The fraction of sp³-hybridized carbons (Fsp3) is 0. The molecule has 54 valence electrons. The molecule has 1 heterocycles. The molecule has 0 radical (unpaired) electrons. The maximum Gasteiger partial charge on any atom is 1.00 e. The van der Waals surface area contributed by atoms with Crippen LogP contribution in [0.2, 0.25) is 5.15 Å². The molecular weight excluding hydrogens is 181 g/mol. The van der Waals surface area contributed by atoms with E-state index in [0.29, 0.717) is 0 Å². The van der Waals surface area contributed by atoms with Crippen molar-refractivity contribution >= 4 is 22.7 Å². The Kier molecular flexibility index (Phi) is 4.98. The van der Waals surface area contributed by atoms with Gasteiger partial charge in [0.1, 0.15) is 5.15 Å². The molecule has 3 nitrogen and oxygen atoms in total. The van der Waals surface area contributed by atoms with Crippen LogP contribution < -0.4 is 18.9 Å². The molecule has 0 aliphatic carbocycles. The number of rotatable bonds is 1. The van der Waals surface area contributed by atoms with E-state index >= 15 is 0 Å². The van der Waals surface area contributed by atoms with Crippen molar-refractivity contribution in [3.63, 3.8) is 0 Å². The predicted octanol–water partition coefficient (Wildman–Crippen LogP) is -2.02. The molecule has 0 aliphatic rings. The normalized spacial score (nSPS) is 11.8. The average Bonchev–Trinajstić information content (AvgIpc) is 1.88. The van der Waals surface area contributed by atoms with E-state index in [1.807, 2.05) is 0 Å². The van der Waals surface area contributed by atoms with Gasteiger partial charge in [-0.05, 0) is 23.2 Å². The molecule has 1 unspecified atom stereocenters. The minimum atomic E-state index is -2.28. The van der Waals surface area contributed by atoms with Gasteiger partial charge in [-0.2, -0.15) is 0 Å². The molecule has 1 atom stereocenters. The number of hydrogen-bond acceptors (Lipinski definition) is 3. The van der Waals surface area contributed by atoms with Gasteiger partial charge in [0.15, 0.2) is 0 Å². The van der Waals surface area contributed by atoms with Gasteiger partial charge >= 0.3 is 18.9 Å². The minimum absolute atomic E-state index is 0. The van der Waals surface area contributed by atoms with Crippen molar-refractivity contribution in [1.29, 1.82) is 0 Å². The summed E-state index contributed by atoms with van der Waals surface area (Å²) in [5.74, 6) is 0. The van der Waals surface area contributed by atoms with Crippen LogP contribution >= 0.6 is 11.6 Å². The van der Waals surface area contributed by atoms with Gasteiger partial charge in [0.25, 0.3) is 0 Å². The Hall–Kier alpha value is 0.147. The largest absolute Gasteiger partial charge is 1.00 e. The molecule has 0 aliphatic heterocycles. The first kappa shape index (κ1) is 11.1. The first-order valence-electron chi connectivity index (χ1n) is 2.41. The monoisotopic (exact) mass is 183 g/mol. The van der Waals surface area contributed by atoms with Gasteiger partial charge in [-0.1, -0.05) is 11.6 Å². The maximum atomic E-state index is 10.3. The zero-order valence-corrected chi connectivity index (χ0v) is 7.35.